The molecule has 1 atom stereocenters. The highest BCUT2D eigenvalue weighted by atomic mass is 16.5. The van der Waals surface area contributed by atoms with Crippen LogP contribution in [0.2, 0.25) is 0 Å². The Labute approximate surface area is 208 Å². The molecule has 0 fully saturated rings. The lowest BCUT2D eigenvalue weighted by molar-refractivity contribution is 0.0964. The fraction of sp³-hybridized carbons (Fsp3) is 0.517. The normalized spacial score (nSPS) is 12.8. The van der Waals surface area contributed by atoms with Gasteiger partial charge in [-0.1, -0.05) is 44.1 Å². The number of phenols is 1. The van der Waals surface area contributed by atoms with E-state index in [9.17, 15) is 14.7 Å². The first-order chi connectivity index (χ1) is 16.5. The smallest absolute Gasteiger partial charge is 0.336 e. The number of benzene rings is 1. The third kappa shape index (κ3) is 6.85. The van der Waals surface area contributed by atoms with Crippen molar-refractivity contribution < 1.29 is 23.8 Å². The number of allylic oxidation sites excluding steroid dienone is 4. The van der Waals surface area contributed by atoms with E-state index in [2.05, 4.69) is 26.8 Å². The molecule has 1 aromatic carbocycles. The minimum atomic E-state index is -0.606. The molecule has 0 aliphatic carbocycles. The van der Waals surface area contributed by atoms with E-state index in [4.69, 9.17) is 13.9 Å². The third-order valence-corrected chi connectivity index (χ3v) is 6.07. The highest BCUT2D eigenvalue weighted by Gasteiger charge is 2.29. The number of fused-ring (bicyclic) bond motifs is 1. The number of hydrogen-bond donors (Lipinski definition) is 1. The van der Waals surface area contributed by atoms with Gasteiger partial charge in [0.25, 0.3) is 0 Å². The summed E-state index contributed by atoms with van der Waals surface area (Å²) < 4.78 is 17.0. The zero-order valence-electron chi connectivity index (χ0n) is 22.4. The molecule has 0 bridgehead atoms. The molecule has 2 rings (SSSR count). The van der Waals surface area contributed by atoms with E-state index in [1.807, 2.05) is 26.8 Å². The highest BCUT2D eigenvalue weighted by molar-refractivity contribution is 6.11. The van der Waals surface area contributed by atoms with Gasteiger partial charge in [-0.2, -0.15) is 0 Å². The number of methoxy groups -OCH3 is 2. The summed E-state index contributed by atoms with van der Waals surface area (Å²) in [6, 6.07) is 1.39. The van der Waals surface area contributed by atoms with Crippen LogP contribution >= 0.6 is 0 Å². The van der Waals surface area contributed by atoms with Gasteiger partial charge in [0.2, 0.25) is 0 Å². The molecule has 0 spiro atoms. The van der Waals surface area contributed by atoms with Crippen LogP contribution in [-0.2, 0) is 11.2 Å². The second kappa shape index (κ2) is 12.7. The Morgan fingerprint density at radius 3 is 2.40 bits per heavy atom. The van der Waals surface area contributed by atoms with Crippen molar-refractivity contribution in [1.29, 1.82) is 0 Å². The van der Waals surface area contributed by atoms with Crippen molar-refractivity contribution in [3.8, 4) is 11.5 Å². The molecule has 0 saturated heterocycles. The van der Waals surface area contributed by atoms with Gasteiger partial charge in [-0.25, -0.2) is 4.79 Å². The van der Waals surface area contributed by atoms with Crippen LogP contribution in [0.15, 0.2) is 38.6 Å². The molecule has 6 nitrogen and oxygen atoms in total. The predicted molar refractivity (Wildman–Crippen MR) is 141 cm³/mol. The summed E-state index contributed by atoms with van der Waals surface area (Å²) in [5, 5.41) is 11.8. The van der Waals surface area contributed by atoms with Crippen LogP contribution in [0, 0.1) is 5.92 Å². The minimum absolute atomic E-state index is 0.0324. The molecule has 0 radical (unpaired) electrons. The molecule has 0 aliphatic heterocycles. The number of ether oxygens (including phenoxy) is 2. The van der Waals surface area contributed by atoms with E-state index in [-0.39, 0.29) is 35.0 Å². The number of aromatic hydroxyl groups is 1. The Balaban J connectivity index is 2.85. The second-order valence-corrected chi connectivity index (χ2v) is 9.69. The van der Waals surface area contributed by atoms with Crippen molar-refractivity contribution in [3.63, 3.8) is 0 Å². The van der Waals surface area contributed by atoms with E-state index in [0.29, 0.717) is 35.1 Å². The quantitative estimate of drug-likeness (QED) is 0.197. The third-order valence-electron chi connectivity index (χ3n) is 6.07. The first kappa shape index (κ1) is 28.4. The topological polar surface area (TPSA) is 86.0 Å². The molecule has 1 aromatic heterocycles. The zero-order valence-corrected chi connectivity index (χ0v) is 22.4. The molecule has 35 heavy (non-hydrogen) atoms. The van der Waals surface area contributed by atoms with E-state index < -0.39 is 11.7 Å². The molecule has 1 N–H and O–H groups in total. The van der Waals surface area contributed by atoms with Gasteiger partial charge in [0.1, 0.15) is 17.1 Å². The minimum Gasteiger partial charge on any atom is -0.507 e. The average molecular weight is 485 g/mol. The number of hydrogen-bond acceptors (Lipinski definition) is 6. The van der Waals surface area contributed by atoms with E-state index in [1.165, 1.54) is 24.3 Å². The summed E-state index contributed by atoms with van der Waals surface area (Å²) in [4.78, 5) is 25.8. The SMILES string of the molecule is CCC(OC)c1cc(=O)oc2c(C(=O)CC(C)C)c(O)c(C/C=C(\C)CCC=C(C)C)c(OC)c12. The Hall–Kier alpha value is -2.86. The second-order valence-electron chi connectivity index (χ2n) is 9.69. The Morgan fingerprint density at radius 1 is 1.17 bits per heavy atom. The van der Waals surface area contributed by atoms with Crippen LogP contribution in [0.5, 0.6) is 11.5 Å². The maximum Gasteiger partial charge on any atom is 0.336 e. The lowest BCUT2D eigenvalue weighted by Crippen LogP contribution is -2.13. The maximum atomic E-state index is 13.3. The molecule has 0 amide bonds. The molecule has 1 heterocycles. The van der Waals surface area contributed by atoms with Gasteiger partial charge in [0.15, 0.2) is 11.4 Å². The van der Waals surface area contributed by atoms with Crippen molar-refractivity contribution in [1.82, 2.24) is 0 Å². The lowest BCUT2D eigenvalue weighted by Gasteiger charge is -2.21. The number of ketones is 1. The number of Topliss-reactive ketones (excluding diaryl/α,β-unsaturated/α-hetero) is 1. The fourth-order valence-corrected chi connectivity index (χ4v) is 4.32. The van der Waals surface area contributed by atoms with Crippen LogP contribution in [0.4, 0.5) is 0 Å². The Morgan fingerprint density at radius 2 is 1.86 bits per heavy atom. The van der Waals surface area contributed by atoms with Crippen LogP contribution < -0.4 is 10.4 Å². The predicted octanol–water partition coefficient (Wildman–Crippen LogP) is 7.07. The summed E-state index contributed by atoms with van der Waals surface area (Å²) >= 11 is 0. The number of phenolic OH excluding ortho intramolecular Hbond substituents is 1. The molecule has 6 heteroatoms. The first-order valence-electron chi connectivity index (χ1n) is 12.3. The Bertz CT molecular complexity index is 1160. The van der Waals surface area contributed by atoms with Gasteiger partial charge in [-0.05, 0) is 52.4 Å². The van der Waals surface area contributed by atoms with Crippen LogP contribution in [-0.4, -0.2) is 25.1 Å². The van der Waals surface area contributed by atoms with Crippen LogP contribution in [0.25, 0.3) is 11.0 Å². The summed E-state index contributed by atoms with van der Waals surface area (Å²) in [6.07, 6.45) is 6.85. The number of carbonyl (C=O) groups excluding carboxylic acids is 1. The van der Waals surface area contributed by atoms with Crippen molar-refractivity contribution >= 4 is 16.8 Å². The highest BCUT2D eigenvalue weighted by Crippen LogP contribution is 2.44. The fourth-order valence-electron chi connectivity index (χ4n) is 4.32. The van der Waals surface area contributed by atoms with Crippen molar-refractivity contribution in [2.45, 2.75) is 79.8 Å². The standard InChI is InChI=1S/C29H40O6/c1-9-23(33-7)21-16-24(31)35-29-25(21)28(34-8)20(14-13-19(6)12-10-11-17(2)3)27(32)26(29)22(30)15-18(4)5/h11,13,16,18,23,32H,9-10,12,14-15H2,1-8H3/b19-13+. The average Bonchev–Trinajstić information content (AvgIpc) is 2.77. The summed E-state index contributed by atoms with van der Waals surface area (Å²) in [5.41, 5.74) is 3.00. The van der Waals surface area contributed by atoms with Crippen LogP contribution in [0.3, 0.4) is 0 Å². The summed E-state index contributed by atoms with van der Waals surface area (Å²) in [5.74, 6) is -0.0151. The molecule has 0 aliphatic rings. The van der Waals surface area contributed by atoms with Crippen molar-refractivity contribution in [3.05, 3.63) is 56.5 Å². The molecule has 0 saturated carbocycles. The lowest BCUT2D eigenvalue weighted by atomic mass is 9.91. The molecule has 192 valence electrons. The van der Waals surface area contributed by atoms with Crippen molar-refractivity contribution in [2.24, 2.45) is 5.92 Å². The van der Waals surface area contributed by atoms with E-state index in [1.54, 1.807) is 7.11 Å². The zero-order chi connectivity index (χ0) is 26.3. The Kier molecular flexibility index (Phi) is 10.3. The van der Waals surface area contributed by atoms with Gasteiger partial charge >= 0.3 is 5.63 Å². The molecular formula is C29H40O6. The first-order valence-corrected chi connectivity index (χ1v) is 12.3. The monoisotopic (exact) mass is 484 g/mol. The number of carbonyl (C=O) groups is 1. The molecular weight excluding hydrogens is 444 g/mol. The largest absolute Gasteiger partial charge is 0.507 e. The van der Waals surface area contributed by atoms with Gasteiger partial charge in [0, 0.05) is 30.7 Å². The van der Waals surface area contributed by atoms with Crippen LogP contribution in [0.1, 0.15) is 94.8 Å². The molecule has 2 aromatic rings. The van der Waals surface area contributed by atoms with Crippen molar-refractivity contribution in [2.75, 3.05) is 14.2 Å². The maximum absolute atomic E-state index is 13.3. The summed E-state index contributed by atoms with van der Waals surface area (Å²) in [7, 11) is 3.09. The number of rotatable bonds is 12. The van der Waals surface area contributed by atoms with Gasteiger partial charge in [-0.3, -0.25) is 4.79 Å². The molecule has 1 unspecified atom stereocenters. The van der Waals surface area contributed by atoms with E-state index >= 15 is 0 Å². The van der Waals surface area contributed by atoms with Gasteiger partial charge in [0.05, 0.1) is 18.6 Å². The summed E-state index contributed by atoms with van der Waals surface area (Å²) in [6.45, 7) is 12.0. The van der Waals surface area contributed by atoms with Gasteiger partial charge in [-0.15, -0.1) is 0 Å². The van der Waals surface area contributed by atoms with Gasteiger partial charge < -0.3 is 19.0 Å². The van der Waals surface area contributed by atoms with E-state index in [0.717, 1.165) is 12.8 Å².